The maximum absolute atomic E-state index is 9.84. The molecule has 6 heteroatoms. The molecule has 0 aliphatic heterocycles. The highest BCUT2D eigenvalue weighted by molar-refractivity contribution is 7.30. The third kappa shape index (κ3) is 11.1. The molecule has 0 aliphatic carbocycles. The minimum absolute atomic E-state index is 0.00859. The fourth-order valence-corrected chi connectivity index (χ4v) is 3.21. The van der Waals surface area contributed by atoms with Crippen molar-refractivity contribution in [1.82, 2.24) is 0 Å². The monoisotopic (exact) mass is 494 g/mol. The van der Waals surface area contributed by atoms with Gasteiger partial charge in [0.1, 0.15) is 11.5 Å². The topological polar surface area (TPSA) is 98.0 Å². The summed E-state index contributed by atoms with van der Waals surface area (Å²) in [6.45, 7) is 25.8. The van der Waals surface area contributed by atoms with Gasteiger partial charge < -0.3 is 20.0 Å². The Labute approximate surface area is 207 Å². The van der Waals surface area contributed by atoms with E-state index < -0.39 is 8.25 Å². The maximum Gasteiger partial charge on any atom is 0.314 e. The molecule has 0 bridgehead atoms. The van der Waals surface area contributed by atoms with Crippen molar-refractivity contribution in [3.8, 4) is 11.5 Å². The zero-order valence-corrected chi connectivity index (χ0v) is 24.2. The number of phenols is 2. The summed E-state index contributed by atoms with van der Waals surface area (Å²) in [6, 6.07) is 11.9. The van der Waals surface area contributed by atoms with E-state index in [4.69, 9.17) is 14.4 Å². The summed E-state index contributed by atoms with van der Waals surface area (Å²) in [6.07, 6.45) is 0. The number of hydrogen-bond donors (Lipinski definition) is 4. The smallest absolute Gasteiger partial charge is 0.314 e. The van der Waals surface area contributed by atoms with E-state index in [1.165, 1.54) is 11.1 Å². The van der Waals surface area contributed by atoms with Crippen LogP contribution >= 0.6 is 8.25 Å². The molecule has 0 atom stereocenters. The second-order valence-electron chi connectivity index (χ2n) is 12.7. The van der Waals surface area contributed by atoms with Crippen LogP contribution in [-0.2, 0) is 26.2 Å². The molecule has 2 rings (SSSR count). The van der Waals surface area contributed by atoms with Crippen molar-refractivity contribution in [2.45, 2.75) is 105 Å². The van der Waals surface area contributed by atoms with Crippen molar-refractivity contribution < 1.29 is 24.6 Å². The molecule has 0 saturated heterocycles. The Morgan fingerprint density at radius 2 is 0.765 bits per heavy atom. The lowest BCUT2D eigenvalue weighted by molar-refractivity contribution is 0.405. The molecule has 4 N–H and O–H groups in total. The summed E-state index contributed by atoms with van der Waals surface area (Å²) in [4.78, 5) is 14.3. The quantitative estimate of drug-likeness (QED) is 0.287. The molecule has 0 spiro atoms. The molecule has 0 aliphatic rings. The molecule has 194 valence electrons. The van der Waals surface area contributed by atoms with Gasteiger partial charge in [0.2, 0.25) is 0 Å². The first-order chi connectivity index (χ1) is 15.0. The first-order valence-corrected chi connectivity index (χ1v) is 12.9. The van der Waals surface area contributed by atoms with Gasteiger partial charge in [0.15, 0.2) is 0 Å². The number of aromatic hydroxyl groups is 2. The first-order valence-electron chi connectivity index (χ1n) is 11.6. The van der Waals surface area contributed by atoms with E-state index in [0.717, 1.165) is 11.1 Å². The Balaban J connectivity index is 0.000000554. The molecule has 2 aromatic rings. The third-order valence-electron chi connectivity index (χ3n) is 5.34. The van der Waals surface area contributed by atoms with E-state index in [9.17, 15) is 10.2 Å². The summed E-state index contributed by atoms with van der Waals surface area (Å²) in [7, 11) is -3.13. The summed E-state index contributed by atoms with van der Waals surface area (Å²) in [5.74, 6) is 0.797. The van der Waals surface area contributed by atoms with Crippen molar-refractivity contribution in [1.29, 1.82) is 0 Å². The van der Waals surface area contributed by atoms with Gasteiger partial charge in [-0.2, -0.15) is 0 Å². The Kier molecular flexibility index (Phi) is 11.1. The maximum atomic E-state index is 9.84. The summed E-state index contributed by atoms with van der Waals surface area (Å²) < 4.78 is 8.74. The fourth-order valence-electron chi connectivity index (χ4n) is 3.21. The summed E-state index contributed by atoms with van der Waals surface area (Å²) >= 11 is 0. The molecule has 0 aromatic heterocycles. The molecular weight excluding hydrogens is 447 g/mol. The predicted octanol–water partition coefficient (Wildman–Crippen LogP) is 7.34. The molecule has 0 amide bonds. The zero-order chi connectivity index (χ0) is 27.3. The van der Waals surface area contributed by atoms with Crippen LogP contribution in [0.1, 0.15) is 105 Å². The van der Waals surface area contributed by atoms with Gasteiger partial charge >= 0.3 is 8.25 Å². The second-order valence-corrected chi connectivity index (χ2v) is 13.3. The van der Waals surface area contributed by atoms with Crippen LogP contribution < -0.4 is 0 Å². The molecule has 0 heterocycles. The van der Waals surface area contributed by atoms with Gasteiger partial charge in [-0.05, 0) is 56.0 Å². The number of benzene rings is 2. The van der Waals surface area contributed by atoms with E-state index in [1.54, 1.807) is 12.1 Å². The van der Waals surface area contributed by atoms with Gasteiger partial charge in [0.25, 0.3) is 0 Å². The zero-order valence-electron chi connectivity index (χ0n) is 23.2. The Morgan fingerprint density at radius 1 is 0.529 bits per heavy atom. The van der Waals surface area contributed by atoms with Crippen LogP contribution in [0.5, 0.6) is 11.5 Å². The van der Waals surface area contributed by atoms with Gasteiger partial charge in [-0.25, -0.2) is 0 Å². The second kappa shape index (κ2) is 11.7. The Bertz CT molecular complexity index is 875. The Hall–Kier alpha value is -1.81. The minimum atomic E-state index is -3.13. The van der Waals surface area contributed by atoms with Crippen molar-refractivity contribution >= 4 is 8.25 Å². The normalized spacial score (nSPS) is 12.4. The van der Waals surface area contributed by atoms with Gasteiger partial charge in [0, 0.05) is 0 Å². The molecule has 5 nitrogen and oxygen atoms in total. The molecular formula is C28H47O5P. The predicted molar refractivity (Wildman–Crippen MR) is 144 cm³/mol. The van der Waals surface area contributed by atoms with E-state index in [1.807, 2.05) is 12.1 Å². The van der Waals surface area contributed by atoms with Crippen LogP contribution in [0.4, 0.5) is 0 Å². The largest absolute Gasteiger partial charge is 0.508 e. The van der Waals surface area contributed by atoms with Crippen LogP contribution in [-0.4, -0.2) is 20.0 Å². The van der Waals surface area contributed by atoms with Gasteiger partial charge in [-0.3, -0.25) is 4.57 Å². The molecule has 2 aromatic carbocycles. The highest BCUT2D eigenvalue weighted by atomic mass is 31.1. The molecule has 34 heavy (non-hydrogen) atoms. The highest BCUT2D eigenvalue weighted by Gasteiger charge is 2.23. The minimum Gasteiger partial charge on any atom is -0.508 e. The van der Waals surface area contributed by atoms with Crippen molar-refractivity contribution in [2.75, 3.05) is 0 Å². The third-order valence-corrected chi connectivity index (χ3v) is 5.34. The van der Waals surface area contributed by atoms with E-state index >= 15 is 0 Å². The van der Waals surface area contributed by atoms with Crippen molar-refractivity contribution in [3.05, 3.63) is 58.7 Å². The lowest BCUT2D eigenvalue weighted by Crippen LogP contribution is -2.16. The number of hydrogen-bond acceptors (Lipinski definition) is 3. The Morgan fingerprint density at radius 3 is 0.941 bits per heavy atom. The summed E-state index contributed by atoms with van der Waals surface area (Å²) in [5, 5.41) is 19.7. The molecule has 0 unspecified atom stereocenters. The average Bonchev–Trinajstić information content (AvgIpc) is 2.58. The van der Waals surface area contributed by atoms with Gasteiger partial charge in [-0.15, -0.1) is 0 Å². The first kappa shape index (κ1) is 32.2. The van der Waals surface area contributed by atoms with Crippen LogP contribution in [0, 0.1) is 0 Å². The standard InChI is InChI=1S/2C14H22O.H3O3P/c2*1-13(2,3)10-7-8-12(15)11(9-10)14(4,5)6;1-4(2)3/h2*7-9,15H,1-6H3;4H,(H2,1,2,3). The van der Waals surface area contributed by atoms with Crippen LogP contribution in [0.2, 0.25) is 0 Å². The number of phenolic OH excluding ortho intramolecular Hbond substituents is 2. The highest BCUT2D eigenvalue weighted by Crippen LogP contribution is 2.35. The van der Waals surface area contributed by atoms with Gasteiger partial charge in [0.05, 0.1) is 0 Å². The summed E-state index contributed by atoms with van der Waals surface area (Å²) in [5.41, 5.74) is 4.83. The van der Waals surface area contributed by atoms with E-state index in [-0.39, 0.29) is 21.7 Å². The average molecular weight is 495 g/mol. The van der Waals surface area contributed by atoms with Crippen molar-refractivity contribution in [3.63, 3.8) is 0 Å². The molecule has 0 fully saturated rings. The fraction of sp³-hybridized carbons (Fsp3) is 0.571. The van der Waals surface area contributed by atoms with Crippen molar-refractivity contribution in [2.24, 2.45) is 0 Å². The number of rotatable bonds is 0. The van der Waals surface area contributed by atoms with Crippen LogP contribution in [0.25, 0.3) is 0 Å². The lowest BCUT2D eigenvalue weighted by Gasteiger charge is -2.25. The van der Waals surface area contributed by atoms with Crippen LogP contribution in [0.15, 0.2) is 36.4 Å². The van der Waals surface area contributed by atoms with E-state index in [0.29, 0.717) is 11.5 Å². The lowest BCUT2D eigenvalue weighted by atomic mass is 9.80. The van der Waals surface area contributed by atoms with Gasteiger partial charge in [-0.1, -0.05) is 107 Å². The van der Waals surface area contributed by atoms with E-state index in [2.05, 4.69) is 95.2 Å². The SMILES string of the molecule is CC(C)(C)c1ccc(O)c(C(C)(C)C)c1.CC(C)(C)c1ccc(O)c(C(C)(C)C)c1.O=[PH](O)O. The van der Waals surface area contributed by atoms with Crippen LogP contribution in [0.3, 0.4) is 0 Å². The molecule has 0 radical (unpaired) electrons. The molecule has 0 saturated carbocycles.